The summed E-state index contributed by atoms with van der Waals surface area (Å²) in [5, 5.41) is 3.37. The lowest BCUT2D eigenvalue weighted by atomic mass is 10.2. The number of nitrogens with one attached hydrogen (secondary N) is 1. The topological polar surface area (TPSA) is 93.5 Å². The summed E-state index contributed by atoms with van der Waals surface area (Å²) in [7, 11) is -3.71. The molecule has 2 aromatic carbocycles. The van der Waals surface area contributed by atoms with Gasteiger partial charge in [0.2, 0.25) is 10.0 Å². The van der Waals surface area contributed by atoms with E-state index in [1.54, 1.807) is 29.7 Å². The summed E-state index contributed by atoms with van der Waals surface area (Å²) in [6.07, 6.45) is 3.27. The van der Waals surface area contributed by atoms with Crippen molar-refractivity contribution in [3.63, 3.8) is 0 Å². The van der Waals surface area contributed by atoms with Crippen molar-refractivity contribution in [2.75, 3.05) is 37.9 Å². The molecule has 1 aromatic heterocycles. The molecule has 1 aliphatic heterocycles. The molecular formula is C22H23FN4O4S2. The number of aromatic nitrogens is 2. The zero-order valence-corrected chi connectivity index (χ0v) is 19.7. The van der Waals surface area contributed by atoms with Crippen LogP contribution in [-0.2, 0) is 14.8 Å². The molecule has 0 unspecified atom stereocenters. The molecule has 0 radical (unpaired) electrons. The summed E-state index contributed by atoms with van der Waals surface area (Å²) < 4.78 is 47.7. The Bertz CT molecular complexity index is 1270. The minimum absolute atomic E-state index is 0.0992. The molecule has 1 saturated heterocycles. The van der Waals surface area contributed by atoms with Gasteiger partial charge in [0.25, 0.3) is 5.91 Å². The van der Waals surface area contributed by atoms with E-state index in [1.807, 2.05) is 6.26 Å². The minimum Gasteiger partial charge on any atom is -0.379 e. The molecule has 1 aliphatic rings. The number of ether oxygens (including phenoxy) is 1. The normalized spacial score (nSPS) is 14.9. The second-order valence-electron chi connectivity index (χ2n) is 7.39. The number of aryl methyl sites for hydroxylation is 1. The van der Waals surface area contributed by atoms with Gasteiger partial charge in [-0.2, -0.15) is 4.31 Å². The number of amides is 1. The highest BCUT2D eigenvalue weighted by Gasteiger charge is 2.27. The van der Waals surface area contributed by atoms with Gasteiger partial charge in [-0.1, -0.05) is 17.8 Å². The van der Waals surface area contributed by atoms with Crippen molar-refractivity contribution < 1.29 is 22.3 Å². The van der Waals surface area contributed by atoms with Gasteiger partial charge in [-0.3, -0.25) is 9.36 Å². The summed E-state index contributed by atoms with van der Waals surface area (Å²) in [5.74, 6) is -0.847. The van der Waals surface area contributed by atoms with Crippen molar-refractivity contribution >= 4 is 33.4 Å². The molecule has 4 rings (SSSR count). The molecule has 0 aliphatic carbocycles. The maximum absolute atomic E-state index is 13.4. The van der Waals surface area contributed by atoms with E-state index in [-0.39, 0.29) is 29.5 Å². The Morgan fingerprint density at radius 2 is 1.85 bits per heavy atom. The number of carbonyl (C=O) groups is 1. The average Bonchev–Trinajstić information content (AvgIpc) is 3.26. The van der Waals surface area contributed by atoms with Crippen LogP contribution in [-0.4, -0.2) is 60.7 Å². The van der Waals surface area contributed by atoms with E-state index >= 15 is 0 Å². The van der Waals surface area contributed by atoms with Gasteiger partial charge in [0.1, 0.15) is 11.5 Å². The van der Waals surface area contributed by atoms with E-state index in [0.717, 1.165) is 0 Å². The Morgan fingerprint density at radius 1 is 1.15 bits per heavy atom. The van der Waals surface area contributed by atoms with Gasteiger partial charge in [0, 0.05) is 24.5 Å². The van der Waals surface area contributed by atoms with Gasteiger partial charge in [-0.15, -0.1) is 0 Å². The number of sulfonamides is 1. The van der Waals surface area contributed by atoms with Gasteiger partial charge in [0.05, 0.1) is 24.3 Å². The standard InChI is InChI=1S/C22H23FN4O4S2/c1-15-3-8-18(33(29,30)26-9-11-31-12-10-26)13-19(15)25-21(28)20-14-24-22(32-2)27(20)17-6-4-16(23)5-7-17/h3-8,13-14H,9-12H2,1-2H3,(H,25,28). The number of imidazole rings is 1. The fraction of sp³-hybridized carbons (Fsp3) is 0.273. The van der Waals surface area contributed by atoms with E-state index in [4.69, 9.17) is 4.74 Å². The molecule has 1 amide bonds. The predicted octanol–water partition coefficient (Wildman–Crippen LogP) is 3.31. The Kier molecular flexibility index (Phi) is 6.84. The van der Waals surface area contributed by atoms with Crippen molar-refractivity contribution in [1.29, 1.82) is 0 Å². The van der Waals surface area contributed by atoms with E-state index in [0.29, 0.717) is 35.3 Å². The first-order valence-corrected chi connectivity index (χ1v) is 12.9. The van der Waals surface area contributed by atoms with Gasteiger partial charge in [-0.25, -0.2) is 17.8 Å². The zero-order chi connectivity index (χ0) is 23.6. The van der Waals surface area contributed by atoms with Gasteiger partial charge in [0.15, 0.2) is 5.16 Å². The van der Waals surface area contributed by atoms with Crippen LogP contribution in [0.15, 0.2) is 58.7 Å². The maximum atomic E-state index is 13.4. The first-order chi connectivity index (χ1) is 15.8. The van der Waals surface area contributed by atoms with Gasteiger partial charge >= 0.3 is 0 Å². The second kappa shape index (κ2) is 9.64. The van der Waals surface area contributed by atoms with Gasteiger partial charge < -0.3 is 10.1 Å². The van der Waals surface area contributed by atoms with Crippen molar-refractivity contribution in [2.45, 2.75) is 17.0 Å². The van der Waals surface area contributed by atoms with Crippen LogP contribution in [0.5, 0.6) is 0 Å². The van der Waals surface area contributed by atoms with Crippen molar-refractivity contribution in [3.05, 3.63) is 65.7 Å². The smallest absolute Gasteiger partial charge is 0.274 e. The predicted molar refractivity (Wildman–Crippen MR) is 124 cm³/mol. The summed E-state index contributed by atoms with van der Waals surface area (Å²) in [4.78, 5) is 17.6. The lowest BCUT2D eigenvalue weighted by Crippen LogP contribution is -2.40. The fourth-order valence-corrected chi connectivity index (χ4v) is 5.48. The monoisotopic (exact) mass is 490 g/mol. The van der Waals surface area contributed by atoms with Crippen LogP contribution in [0.1, 0.15) is 16.1 Å². The van der Waals surface area contributed by atoms with E-state index in [1.165, 1.54) is 46.5 Å². The van der Waals surface area contributed by atoms with E-state index in [9.17, 15) is 17.6 Å². The highest BCUT2D eigenvalue weighted by Crippen LogP contribution is 2.26. The summed E-state index contributed by atoms with van der Waals surface area (Å²) >= 11 is 1.35. The third-order valence-electron chi connectivity index (χ3n) is 5.29. The highest BCUT2D eigenvalue weighted by molar-refractivity contribution is 7.98. The summed E-state index contributed by atoms with van der Waals surface area (Å²) in [6, 6.07) is 10.4. The molecule has 0 bridgehead atoms. The Labute approximate surface area is 195 Å². The third kappa shape index (κ3) is 4.81. The number of morpholine rings is 1. The van der Waals surface area contributed by atoms with Crippen molar-refractivity contribution in [2.24, 2.45) is 0 Å². The minimum atomic E-state index is -3.71. The number of hydrogen-bond acceptors (Lipinski definition) is 6. The Balaban J connectivity index is 1.65. The molecule has 33 heavy (non-hydrogen) atoms. The van der Waals surface area contributed by atoms with E-state index < -0.39 is 15.9 Å². The van der Waals surface area contributed by atoms with Crippen LogP contribution < -0.4 is 5.32 Å². The number of carbonyl (C=O) groups excluding carboxylic acids is 1. The molecule has 0 saturated carbocycles. The largest absolute Gasteiger partial charge is 0.379 e. The summed E-state index contributed by atoms with van der Waals surface area (Å²) in [6.45, 7) is 3.05. The lowest BCUT2D eigenvalue weighted by molar-refractivity contribution is 0.0730. The number of nitrogens with zero attached hydrogens (tertiary/aromatic N) is 3. The lowest BCUT2D eigenvalue weighted by Gasteiger charge is -2.26. The van der Waals surface area contributed by atoms with E-state index in [2.05, 4.69) is 10.3 Å². The van der Waals surface area contributed by atoms with Crippen molar-refractivity contribution in [1.82, 2.24) is 13.9 Å². The summed E-state index contributed by atoms with van der Waals surface area (Å²) in [5.41, 5.74) is 1.92. The molecular weight excluding hydrogens is 467 g/mol. The fourth-order valence-electron chi connectivity index (χ4n) is 3.50. The van der Waals surface area contributed by atoms with Crippen molar-refractivity contribution in [3.8, 4) is 5.69 Å². The van der Waals surface area contributed by atoms with Crippen LogP contribution in [0.3, 0.4) is 0 Å². The van der Waals surface area contributed by atoms with Crippen LogP contribution in [0.25, 0.3) is 5.69 Å². The number of benzene rings is 2. The molecule has 1 fully saturated rings. The second-order valence-corrected chi connectivity index (χ2v) is 10.1. The molecule has 0 atom stereocenters. The molecule has 2 heterocycles. The number of halogens is 1. The Hall–Kier alpha value is -2.73. The SMILES string of the molecule is CSc1ncc(C(=O)Nc2cc(S(=O)(=O)N3CCOCC3)ccc2C)n1-c1ccc(F)cc1. The quantitative estimate of drug-likeness (QED) is 0.533. The van der Waals surface area contributed by atoms with Gasteiger partial charge in [-0.05, 0) is 55.1 Å². The first-order valence-electron chi connectivity index (χ1n) is 10.2. The molecule has 8 nitrogen and oxygen atoms in total. The molecule has 11 heteroatoms. The number of thioether (sulfide) groups is 1. The number of anilines is 1. The Morgan fingerprint density at radius 3 is 2.52 bits per heavy atom. The first kappa shape index (κ1) is 23.4. The van der Waals surface area contributed by atoms with Crippen LogP contribution >= 0.6 is 11.8 Å². The highest BCUT2D eigenvalue weighted by atomic mass is 32.2. The van der Waals surface area contributed by atoms with Crippen LogP contribution in [0.4, 0.5) is 10.1 Å². The molecule has 0 spiro atoms. The number of rotatable bonds is 6. The zero-order valence-electron chi connectivity index (χ0n) is 18.1. The van der Waals surface area contributed by atoms with Crippen LogP contribution in [0, 0.1) is 12.7 Å². The molecule has 1 N–H and O–H groups in total. The third-order valence-corrected chi connectivity index (χ3v) is 7.84. The molecule has 3 aromatic rings. The maximum Gasteiger partial charge on any atom is 0.274 e. The average molecular weight is 491 g/mol. The molecule has 174 valence electrons. The van der Waals surface area contributed by atoms with Crippen LogP contribution in [0.2, 0.25) is 0 Å². The number of hydrogen-bond donors (Lipinski definition) is 1.